The molecule has 0 aromatic rings. The van der Waals surface area contributed by atoms with Gasteiger partial charge in [-0.3, -0.25) is 0 Å². The Bertz CT molecular complexity index is 297. The predicted octanol–water partition coefficient (Wildman–Crippen LogP) is 5.23. The zero-order valence-electron chi connectivity index (χ0n) is 14.4. The zero-order valence-corrected chi connectivity index (χ0v) is 14.4. The van der Waals surface area contributed by atoms with Gasteiger partial charge in [0.05, 0.1) is 11.5 Å². The van der Waals surface area contributed by atoms with Crippen LogP contribution in [0.3, 0.4) is 0 Å². The predicted molar refractivity (Wildman–Crippen MR) is 84.3 cm³/mol. The maximum atomic E-state index is 12.0. The standard InChI is InChI=1S/C7H8BF3.C7H16O.C2H6/c8-6-3-1-5(2-4-6)7(9,10)11;1-6(2,3)7(4,5)8;1-2/h3,5H,1-2,4H2;8H,1-5H3;1-2H3. The molecule has 0 fully saturated rings. The average molecular weight is 306 g/mol. The van der Waals surface area contributed by atoms with Gasteiger partial charge >= 0.3 is 6.18 Å². The smallest absolute Gasteiger partial charge is 0.390 e. The number of alkyl halides is 3. The van der Waals surface area contributed by atoms with Crippen LogP contribution in [0.2, 0.25) is 0 Å². The molecule has 21 heavy (non-hydrogen) atoms. The molecule has 1 N–H and O–H groups in total. The fourth-order valence-electron chi connectivity index (χ4n) is 1.15. The molecule has 0 aromatic heterocycles. The molecule has 0 aliphatic heterocycles. The van der Waals surface area contributed by atoms with Gasteiger partial charge in [-0.2, -0.15) is 13.2 Å². The van der Waals surface area contributed by atoms with E-state index in [2.05, 4.69) is 0 Å². The van der Waals surface area contributed by atoms with Gasteiger partial charge in [-0.05, 0) is 38.5 Å². The van der Waals surface area contributed by atoms with Crippen LogP contribution in [0.4, 0.5) is 13.2 Å². The highest BCUT2D eigenvalue weighted by molar-refractivity contribution is 6.21. The number of halogens is 3. The number of rotatable bonds is 0. The first-order valence-corrected chi connectivity index (χ1v) is 7.48. The van der Waals surface area contributed by atoms with Crippen molar-refractivity contribution in [2.24, 2.45) is 11.3 Å². The Labute approximate surface area is 129 Å². The van der Waals surface area contributed by atoms with Crippen LogP contribution < -0.4 is 0 Å². The minimum absolute atomic E-state index is 0.00694. The van der Waals surface area contributed by atoms with E-state index in [1.54, 1.807) is 0 Å². The van der Waals surface area contributed by atoms with Crippen LogP contribution in [0.15, 0.2) is 11.5 Å². The Morgan fingerprint density at radius 3 is 1.67 bits per heavy atom. The van der Waals surface area contributed by atoms with E-state index >= 15 is 0 Å². The van der Waals surface area contributed by atoms with Crippen molar-refractivity contribution >= 4 is 7.85 Å². The van der Waals surface area contributed by atoms with Crippen molar-refractivity contribution in [2.45, 2.75) is 79.5 Å². The lowest BCUT2D eigenvalue weighted by Gasteiger charge is -2.33. The summed E-state index contributed by atoms with van der Waals surface area (Å²) in [5.41, 5.74) is 0.0190. The zero-order chi connectivity index (χ0) is 17.5. The first-order chi connectivity index (χ1) is 9.25. The lowest BCUT2D eigenvalue weighted by atomic mass is 9.79. The molecule has 0 aromatic carbocycles. The minimum Gasteiger partial charge on any atom is -0.390 e. The molecule has 0 saturated carbocycles. The van der Waals surface area contributed by atoms with E-state index in [-0.39, 0.29) is 18.3 Å². The highest BCUT2D eigenvalue weighted by Crippen LogP contribution is 2.36. The van der Waals surface area contributed by atoms with Crippen LogP contribution in [0, 0.1) is 11.3 Å². The summed E-state index contributed by atoms with van der Waals surface area (Å²) in [6.45, 7) is 13.7. The van der Waals surface area contributed by atoms with Crippen molar-refractivity contribution in [3.8, 4) is 0 Å². The number of aliphatic hydroxyl groups is 1. The molecule has 1 unspecified atom stereocenters. The van der Waals surface area contributed by atoms with E-state index in [0.717, 1.165) is 0 Å². The molecule has 5 heteroatoms. The Balaban J connectivity index is 0. The van der Waals surface area contributed by atoms with Crippen LogP contribution in [-0.4, -0.2) is 24.7 Å². The summed E-state index contributed by atoms with van der Waals surface area (Å²) in [5.74, 6) is -1.17. The van der Waals surface area contributed by atoms with Gasteiger partial charge in [0.2, 0.25) is 0 Å². The van der Waals surface area contributed by atoms with E-state index in [1.165, 1.54) is 6.08 Å². The lowest BCUT2D eigenvalue weighted by Crippen LogP contribution is -2.35. The maximum absolute atomic E-state index is 12.0. The topological polar surface area (TPSA) is 20.2 Å². The fourth-order valence-corrected chi connectivity index (χ4v) is 1.15. The first kappa shape index (κ1) is 22.8. The van der Waals surface area contributed by atoms with E-state index in [4.69, 9.17) is 7.85 Å². The second kappa shape index (κ2) is 8.87. The summed E-state index contributed by atoms with van der Waals surface area (Å²) in [5, 5.41) is 9.35. The molecule has 1 nitrogen and oxygen atoms in total. The van der Waals surface area contributed by atoms with E-state index in [1.807, 2.05) is 48.5 Å². The summed E-state index contributed by atoms with van der Waals surface area (Å²) in [4.78, 5) is 0. The molecule has 1 aliphatic rings. The molecule has 1 aliphatic carbocycles. The van der Waals surface area contributed by atoms with Crippen molar-refractivity contribution in [1.82, 2.24) is 0 Å². The van der Waals surface area contributed by atoms with Crippen molar-refractivity contribution in [3.63, 3.8) is 0 Å². The quantitative estimate of drug-likeness (QED) is 0.607. The van der Waals surface area contributed by atoms with Crippen molar-refractivity contribution in [1.29, 1.82) is 0 Å². The largest absolute Gasteiger partial charge is 0.392 e. The highest BCUT2D eigenvalue weighted by Gasteiger charge is 2.39. The van der Waals surface area contributed by atoms with Crippen molar-refractivity contribution in [3.05, 3.63) is 11.5 Å². The summed E-state index contributed by atoms with van der Waals surface area (Å²) in [6.07, 6.45) is -2.00. The third-order valence-electron chi connectivity index (χ3n) is 3.74. The average Bonchev–Trinajstić information content (AvgIpc) is 2.29. The molecule has 1 atom stereocenters. The molecule has 0 bridgehead atoms. The number of hydrogen-bond donors (Lipinski definition) is 1. The van der Waals surface area contributed by atoms with Crippen LogP contribution >= 0.6 is 0 Å². The molecular weight excluding hydrogens is 276 g/mol. The molecular formula is C16H30BF3O. The molecule has 0 saturated heterocycles. The first-order valence-electron chi connectivity index (χ1n) is 7.48. The Morgan fingerprint density at radius 2 is 1.48 bits per heavy atom. The summed E-state index contributed by atoms with van der Waals surface area (Å²) in [6, 6.07) is 0. The third-order valence-corrected chi connectivity index (χ3v) is 3.74. The van der Waals surface area contributed by atoms with Crippen LogP contribution in [0.5, 0.6) is 0 Å². The van der Waals surface area contributed by atoms with Gasteiger partial charge in [0.1, 0.15) is 7.85 Å². The van der Waals surface area contributed by atoms with Gasteiger partial charge in [0, 0.05) is 0 Å². The van der Waals surface area contributed by atoms with Gasteiger partial charge in [-0.1, -0.05) is 40.7 Å². The summed E-state index contributed by atoms with van der Waals surface area (Å²) < 4.78 is 36.0. The van der Waals surface area contributed by atoms with Crippen LogP contribution in [0.1, 0.15) is 67.7 Å². The summed E-state index contributed by atoms with van der Waals surface area (Å²) in [7, 11) is 5.33. The van der Waals surface area contributed by atoms with Crippen LogP contribution in [0.25, 0.3) is 0 Å². The Morgan fingerprint density at radius 1 is 1.10 bits per heavy atom. The van der Waals surface area contributed by atoms with Gasteiger partial charge < -0.3 is 5.11 Å². The fraction of sp³-hybridized carbons (Fsp3) is 0.875. The molecule has 1 rings (SSSR count). The SMILES string of the molecule is CC.CC(C)(C)C(C)(C)O.[B]C1=CCC(C(F)(F)F)CC1. The van der Waals surface area contributed by atoms with Crippen LogP contribution in [-0.2, 0) is 0 Å². The third kappa shape index (κ3) is 9.99. The number of allylic oxidation sites excluding steroid dienone is 2. The molecule has 0 heterocycles. The van der Waals surface area contributed by atoms with Gasteiger partial charge in [0.15, 0.2) is 0 Å². The normalized spacial score (nSPS) is 19.6. The van der Waals surface area contributed by atoms with E-state index < -0.39 is 17.7 Å². The van der Waals surface area contributed by atoms with Crippen molar-refractivity contribution < 1.29 is 18.3 Å². The number of hydrogen-bond acceptors (Lipinski definition) is 1. The second-order valence-electron chi connectivity index (χ2n) is 6.60. The minimum atomic E-state index is -4.04. The highest BCUT2D eigenvalue weighted by atomic mass is 19.4. The molecule has 2 radical (unpaired) electrons. The van der Waals surface area contributed by atoms with Gasteiger partial charge in [-0.15, -0.1) is 5.47 Å². The Kier molecular flexibility index (Phi) is 9.64. The van der Waals surface area contributed by atoms with Gasteiger partial charge in [-0.25, -0.2) is 0 Å². The van der Waals surface area contributed by atoms with E-state index in [9.17, 15) is 18.3 Å². The Hall–Kier alpha value is -0.445. The van der Waals surface area contributed by atoms with E-state index in [0.29, 0.717) is 11.9 Å². The maximum Gasteiger partial charge on any atom is 0.392 e. The lowest BCUT2D eigenvalue weighted by molar-refractivity contribution is -0.176. The second-order valence-corrected chi connectivity index (χ2v) is 6.60. The molecule has 124 valence electrons. The van der Waals surface area contributed by atoms with Crippen molar-refractivity contribution in [2.75, 3.05) is 0 Å². The monoisotopic (exact) mass is 306 g/mol. The molecule has 0 amide bonds. The molecule has 0 spiro atoms. The van der Waals surface area contributed by atoms with Gasteiger partial charge in [0.25, 0.3) is 0 Å². The summed E-state index contributed by atoms with van der Waals surface area (Å²) >= 11 is 0.